The predicted octanol–water partition coefficient (Wildman–Crippen LogP) is 0.939. The number of hydrogen-bond acceptors (Lipinski definition) is 4. The Balaban J connectivity index is 1.82. The summed E-state index contributed by atoms with van der Waals surface area (Å²) in [5.74, 6) is -1.40. The van der Waals surface area contributed by atoms with E-state index in [4.69, 9.17) is 0 Å². The zero-order valence-corrected chi connectivity index (χ0v) is 13.5. The second kappa shape index (κ2) is 6.57. The second-order valence-electron chi connectivity index (χ2n) is 4.85. The lowest BCUT2D eigenvalue weighted by atomic mass is 10.1. The second-order valence-corrected chi connectivity index (χ2v) is 7.93. The van der Waals surface area contributed by atoms with Gasteiger partial charge in [-0.1, -0.05) is 12.1 Å². The van der Waals surface area contributed by atoms with Gasteiger partial charge in [-0.25, -0.2) is 8.42 Å². The van der Waals surface area contributed by atoms with Gasteiger partial charge < -0.3 is 10.6 Å². The summed E-state index contributed by atoms with van der Waals surface area (Å²) in [6.45, 7) is -0.184. The van der Waals surface area contributed by atoms with E-state index < -0.39 is 21.7 Å². The molecule has 2 amide bonds. The molecule has 1 fully saturated rings. The van der Waals surface area contributed by atoms with Gasteiger partial charge in [0.1, 0.15) is 0 Å². The van der Waals surface area contributed by atoms with Crippen molar-refractivity contribution in [3.63, 3.8) is 0 Å². The predicted molar refractivity (Wildman–Crippen MR) is 82.5 cm³/mol. The maximum atomic E-state index is 11.8. The lowest BCUT2D eigenvalue weighted by Crippen LogP contribution is -2.37. The topological polar surface area (TPSA) is 92.3 Å². The SMILES string of the molecule is O=C(CNC(=O)[C@H]1CCS(=O)(=O)C1)Nc1ccccc1Br. The van der Waals surface area contributed by atoms with Crippen LogP contribution in [0.1, 0.15) is 6.42 Å². The summed E-state index contributed by atoms with van der Waals surface area (Å²) >= 11 is 3.30. The molecule has 0 bridgehead atoms. The molecule has 2 rings (SSSR count). The van der Waals surface area contributed by atoms with Crippen LogP contribution in [0.15, 0.2) is 28.7 Å². The third-order valence-corrected chi connectivity index (χ3v) is 5.63. The monoisotopic (exact) mass is 374 g/mol. The molecule has 6 nitrogen and oxygen atoms in total. The summed E-state index contributed by atoms with van der Waals surface area (Å²) in [5, 5.41) is 5.12. The van der Waals surface area contributed by atoms with Crippen LogP contribution in [0, 0.1) is 5.92 Å². The molecule has 8 heteroatoms. The van der Waals surface area contributed by atoms with Gasteiger partial charge >= 0.3 is 0 Å². The summed E-state index contributed by atoms with van der Waals surface area (Å²) in [5.41, 5.74) is 0.611. The van der Waals surface area contributed by atoms with Crippen molar-refractivity contribution in [3.05, 3.63) is 28.7 Å². The Morgan fingerprint density at radius 1 is 1.29 bits per heavy atom. The highest BCUT2D eigenvalue weighted by molar-refractivity contribution is 9.10. The molecule has 2 N–H and O–H groups in total. The van der Waals surface area contributed by atoms with Crippen molar-refractivity contribution in [1.29, 1.82) is 0 Å². The molecule has 1 aromatic rings. The maximum Gasteiger partial charge on any atom is 0.243 e. The lowest BCUT2D eigenvalue weighted by Gasteiger charge is -2.10. The highest BCUT2D eigenvalue weighted by atomic mass is 79.9. The van der Waals surface area contributed by atoms with Crippen LogP contribution in [0.2, 0.25) is 0 Å². The summed E-state index contributed by atoms with van der Waals surface area (Å²) < 4.78 is 23.3. The third kappa shape index (κ3) is 4.53. The number of nitrogens with one attached hydrogen (secondary N) is 2. The lowest BCUT2D eigenvalue weighted by molar-refractivity contribution is -0.126. The Hall–Kier alpha value is -1.41. The van der Waals surface area contributed by atoms with E-state index in [9.17, 15) is 18.0 Å². The number of rotatable bonds is 4. The van der Waals surface area contributed by atoms with E-state index in [0.29, 0.717) is 12.1 Å². The van der Waals surface area contributed by atoms with E-state index in [2.05, 4.69) is 26.6 Å². The van der Waals surface area contributed by atoms with Gasteiger partial charge in [-0.2, -0.15) is 0 Å². The minimum Gasteiger partial charge on any atom is -0.347 e. The van der Waals surface area contributed by atoms with Crippen LogP contribution in [0.4, 0.5) is 5.69 Å². The van der Waals surface area contributed by atoms with Gasteiger partial charge in [0.05, 0.1) is 29.7 Å². The molecule has 0 unspecified atom stereocenters. The van der Waals surface area contributed by atoms with Crippen molar-refractivity contribution >= 4 is 43.3 Å². The first-order valence-electron chi connectivity index (χ1n) is 6.40. The average molecular weight is 375 g/mol. The van der Waals surface area contributed by atoms with Crippen molar-refractivity contribution in [1.82, 2.24) is 5.32 Å². The van der Waals surface area contributed by atoms with E-state index in [-0.39, 0.29) is 24.0 Å². The highest BCUT2D eigenvalue weighted by Crippen LogP contribution is 2.21. The Bertz CT molecular complexity index is 660. The van der Waals surface area contributed by atoms with Crippen LogP contribution >= 0.6 is 15.9 Å². The summed E-state index contributed by atoms with van der Waals surface area (Å²) in [4.78, 5) is 23.5. The molecular formula is C13H15BrN2O4S. The van der Waals surface area contributed by atoms with Gasteiger partial charge in [-0.15, -0.1) is 0 Å². The fraction of sp³-hybridized carbons (Fsp3) is 0.385. The molecule has 0 saturated carbocycles. The number of carbonyl (C=O) groups is 2. The Morgan fingerprint density at radius 3 is 2.62 bits per heavy atom. The normalized spacial score (nSPS) is 20.0. The van der Waals surface area contributed by atoms with Crippen molar-refractivity contribution in [2.75, 3.05) is 23.4 Å². The van der Waals surface area contributed by atoms with Crippen LogP contribution in [-0.4, -0.2) is 38.3 Å². The number of carbonyl (C=O) groups excluding carboxylic acids is 2. The number of anilines is 1. The Kier molecular flexibility index (Phi) is 5.00. The molecule has 1 atom stereocenters. The molecule has 21 heavy (non-hydrogen) atoms. The first-order valence-corrected chi connectivity index (χ1v) is 9.01. The number of hydrogen-bond donors (Lipinski definition) is 2. The summed E-state index contributed by atoms with van der Waals surface area (Å²) in [7, 11) is -3.10. The van der Waals surface area contributed by atoms with E-state index in [1.807, 2.05) is 6.07 Å². The zero-order valence-electron chi connectivity index (χ0n) is 11.1. The zero-order chi connectivity index (χ0) is 15.5. The fourth-order valence-electron chi connectivity index (χ4n) is 2.07. The Labute approximate surface area is 131 Å². The molecule has 1 saturated heterocycles. The molecule has 1 heterocycles. The third-order valence-electron chi connectivity index (χ3n) is 3.17. The van der Waals surface area contributed by atoms with Crippen LogP contribution in [0.5, 0.6) is 0 Å². The largest absolute Gasteiger partial charge is 0.347 e. The van der Waals surface area contributed by atoms with Crippen LogP contribution in [0.25, 0.3) is 0 Å². The van der Waals surface area contributed by atoms with Gasteiger partial charge in [0, 0.05) is 4.47 Å². The maximum absolute atomic E-state index is 11.8. The van der Waals surface area contributed by atoms with Crippen molar-refractivity contribution in [2.24, 2.45) is 5.92 Å². The number of amides is 2. The van der Waals surface area contributed by atoms with Crippen LogP contribution in [-0.2, 0) is 19.4 Å². The van der Waals surface area contributed by atoms with E-state index in [1.54, 1.807) is 18.2 Å². The van der Waals surface area contributed by atoms with E-state index in [1.165, 1.54) is 0 Å². The first-order chi connectivity index (χ1) is 9.87. The molecule has 114 valence electrons. The number of benzene rings is 1. The number of halogens is 1. The van der Waals surface area contributed by atoms with Crippen LogP contribution in [0.3, 0.4) is 0 Å². The molecule has 0 aromatic heterocycles. The van der Waals surface area contributed by atoms with Gasteiger partial charge in [0.2, 0.25) is 11.8 Å². The smallest absolute Gasteiger partial charge is 0.243 e. The molecule has 0 spiro atoms. The van der Waals surface area contributed by atoms with Gasteiger partial charge in [-0.3, -0.25) is 9.59 Å². The summed E-state index contributed by atoms with van der Waals surface area (Å²) in [6, 6.07) is 7.12. The van der Waals surface area contributed by atoms with Crippen molar-refractivity contribution in [3.8, 4) is 0 Å². The van der Waals surface area contributed by atoms with E-state index in [0.717, 1.165) is 4.47 Å². The molecule has 0 aliphatic carbocycles. The quantitative estimate of drug-likeness (QED) is 0.819. The number of para-hydroxylation sites is 1. The molecule has 0 radical (unpaired) electrons. The highest BCUT2D eigenvalue weighted by Gasteiger charge is 2.32. The Morgan fingerprint density at radius 2 is 2.00 bits per heavy atom. The molecular weight excluding hydrogens is 360 g/mol. The molecule has 1 aromatic carbocycles. The van der Waals surface area contributed by atoms with Gasteiger partial charge in [0.15, 0.2) is 9.84 Å². The molecule has 1 aliphatic rings. The van der Waals surface area contributed by atoms with Crippen molar-refractivity contribution < 1.29 is 18.0 Å². The van der Waals surface area contributed by atoms with Gasteiger partial charge in [-0.05, 0) is 34.5 Å². The fourth-order valence-corrected chi connectivity index (χ4v) is 4.20. The average Bonchev–Trinajstić information content (AvgIpc) is 2.79. The first kappa shape index (κ1) is 16.0. The van der Waals surface area contributed by atoms with Gasteiger partial charge in [0.25, 0.3) is 0 Å². The van der Waals surface area contributed by atoms with Crippen molar-refractivity contribution in [2.45, 2.75) is 6.42 Å². The standard InChI is InChI=1S/C13H15BrN2O4S/c14-10-3-1-2-4-11(10)16-12(17)7-15-13(18)9-5-6-21(19,20)8-9/h1-4,9H,5-8H2,(H,15,18)(H,16,17)/t9-/m0/s1. The van der Waals surface area contributed by atoms with E-state index >= 15 is 0 Å². The van der Waals surface area contributed by atoms with Crippen LogP contribution < -0.4 is 10.6 Å². The minimum absolute atomic E-state index is 0.0360. The number of sulfone groups is 1. The summed E-state index contributed by atoms with van der Waals surface area (Å²) in [6.07, 6.45) is 0.319. The molecule has 1 aliphatic heterocycles. The minimum atomic E-state index is -3.10.